The molecular formula is C9H16FNO2. The SMILES string of the molecule is CC(C)(C)OC(=O)N1CC[C@@H](F)C1. The van der Waals surface area contributed by atoms with Crippen molar-refractivity contribution < 1.29 is 13.9 Å². The maximum absolute atomic E-state index is 12.7. The van der Waals surface area contributed by atoms with Gasteiger partial charge in [-0.05, 0) is 27.2 Å². The van der Waals surface area contributed by atoms with Gasteiger partial charge in [-0.25, -0.2) is 9.18 Å². The lowest BCUT2D eigenvalue weighted by Gasteiger charge is -2.23. The zero-order chi connectivity index (χ0) is 10.1. The van der Waals surface area contributed by atoms with Gasteiger partial charge in [0.15, 0.2) is 0 Å². The van der Waals surface area contributed by atoms with Gasteiger partial charge in [0.05, 0.1) is 6.54 Å². The summed E-state index contributed by atoms with van der Waals surface area (Å²) >= 11 is 0. The molecule has 1 aliphatic heterocycles. The maximum Gasteiger partial charge on any atom is 0.410 e. The van der Waals surface area contributed by atoms with Crippen LogP contribution in [0.1, 0.15) is 27.2 Å². The van der Waals surface area contributed by atoms with Gasteiger partial charge in [-0.1, -0.05) is 0 Å². The molecule has 4 heteroatoms. The first-order valence-corrected chi connectivity index (χ1v) is 4.50. The molecular weight excluding hydrogens is 173 g/mol. The first kappa shape index (κ1) is 10.3. The van der Waals surface area contributed by atoms with Crippen LogP contribution in [0.2, 0.25) is 0 Å². The second kappa shape index (κ2) is 3.52. The van der Waals surface area contributed by atoms with Crippen molar-refractivity contribution in [3.8, 4) is 0 Å². The molecule has 1 saturated heterocycles. The lowest BCUT2D eigenvalue weighted by atomic mass is 10.2. The topological polar surface area (TPSA) is 29.5 Å². The molecule has 1 fully saturated rings. The molecule has 1 atom stereocenters. The number of hydrogen-bond acceptors (Lipinski definition) is 2. The molecule has 0 spiro atoms. The van der Waals surface area contributed by atoms with E-state index in [4.69, 9.17) is 4.74 Å². The van der Waals surface area contributed by atoms with Crippen molar-refractivity contribution in [2.45, 2.75) is 39.0 Å². The summed E-state index contributed by atoms with van der Waals surface area (Å²) in [6, 6.07) is 0. The van der Waals surface area contributed by atoms with Gasteiger partial charge in [-0.3, -0.25) is 0 Å². The molecule has 13 heavy (non-hydrogen) atoms. The van der Waals surface area contributed by atoms with Crippen LogP contribution in [0, 0.1) is 0 Å². The Balaban J connectivity index is 2.41. The number of likely N-dealkylation sites (tertiary alicyclic amines) is 1. The Hall–Kier alpha value is -0.800. The summed E-state index contributed by atoms with van der Waals surface area (Å²) in [5.41, 5.74) is -0.495. The van der Waals surface area contributed by atoms with E-state index in [2.05, 4.69) is 0 Å². The Kier molecular flexibility index (Phi) is 2.78. The third kappa shape index (κ3) is 3.20. The summed E-state index contributed by atoms with van der Waals surface area (Å²) in [4.78, 5) is 12.8. The number of hydrogen-bond donors (Lipinski definition) is 0. The molecule has 1 rings (SSSR count). The second-order valence-electron chi connectivity index (χ2n) is 4.31. The molecule has 0 aliphatic carbocycles. The molecule has 0 aromatic rings. The Bertz CT molecular complexity index is 200. The fraction of sp³-hybridized carbons (Fsp3) is 0.889. The van der Waals surface area contributed by atoms with Crippen LogP contribution in [0.25, 0.3) is 0 Å². The van der Waals surface area contributed by atoms with E-state index in [0.29, 0.717) is 13.0 Å². The van der Waals surface area contributed by atoms with Crippen LogP contribution in [-0.2, 0) is 4.74 Å². The Morgan fingerprint density at radius 3 is 2.54 bits per heavy atom. The summed E-state index contributed by atoms with van der Waals surface area (Å²) in [5, 5.41) is 0. The molecule has 0 aromatic heterocycles. The molecule has 0 unspecified atom stereocenters. The number of halogens is 1. The monoisotopic (exact) mass is 189 g/mol. The molecule has 0 aromatic carbocycles. The van der Waals surface area contributed by atoms with Crippen LogP contribution in [0.3, 0.4) is 0 Å². The standard InChI is InChI=1S/C9H16FNO2/c1-9(2,3)13-8(12)11-5-4-7(10)6-11/h7H,4-6H2,1-3H3/t7-/m1/s1. The summed E-state index contributed by atoms with van der Waals surface area (Å²) < 4.78 is 17.8. The van der Waals surface area contributed by atoms with Crippen molar-refractivity contribution in [2.24, 2.45) is 0 Å². The highest BCUT2D eigenvalue weighted by Crippen LogP contribution is 2.16. The highest BCUT2D eigenvalue weighted by atomic mass is 19.1. The first-order chi connectivity index (χ1) is 5.88. The fourth-order valence-corrected chi connectivity index (χ4v) is 1.21. The number of carbonyl (C=O) groups excluding carboxylic acids is 1. The van der Waals surface area contributed by atoms with Gasteiger partial charge >= 0.3 is 6.09 Å². The first-order valence-electron chi connectivity index (χ1n) is 4.50. The molecule has 1 amide bonds. The second-order valence-corrected chi connectivity index (χ2v) is 4.31. The number of amides is 1. The van der Waals surface area contributed by atoms with Gasteiger partial charge in [0.25, 0.3) is 0 Å². The minimum Gasteiger partial charge on any atom is -0.444 e. The molecule has 3 nitrogen and oxygen atoms in total. The number of carbonyl (C=O) groups is 1. The number of nitrogens with zero attached hydrogens (tertiary/aromatic N) is 1. The molecule has 0 radical (unpaired) electrons. The average Bonchev–Trinajstić information content (AvgIpc) is 2.31. The molecule has 0 saturated carbocycles. The van der Waals surface area contributed by atoms with E-state index in [-0.39, 0.29) is 6.54 Å². The van der Waals surface area contributed by atoms with Gasteiger partial charge in [-0.15, -0.1) is 0 Å². The van der Waals surface area contributed by atoms with E-state index in [1.807, 2.05) is 0 Å². The van der Waals surface area contributed by atoms with E-state index in [1.165, 1.54) is 4.90 Å². The van der Waals surface area contributed by atoms with Crippen molar-refractivity contribution in [2.75, 3.05) is 13.1 Å². The lowest BCUT2D eigenvalue weighted by molar-refractivity contribution is 0.0284. The minimum atomic E-state index is -0.882. The fourth-order valence-electron chi connectivity index (χ4n) is 1.21. The van der Waals surface area contributed by atoms with Crippen LogP contribution < -0.4 is 0 Å². The van der Waals surface area contributed by atoms with E-state index in [0.717, 1.165) is 0 Å². The molecule has 76 valence electrons. The van der Waals surface area contributed by atoms with E-state index >= 15 is 0 Å². The largest absolute Gasteiger partial charge is 0.444 e. The average molecular weight is 189 g/mol. The molecule has 1 aliphatic rings. The number of ether oxygens (including phenoxy) is 1. The minimum absolute atomic E-state index is 0.176. The predicted molar refractivity (Wildman–Crippen MR) is 47.3 cm³/mol. The Labute approximate surface area is 77.9 Å². The third-order valence-electron chi connectivity index (χ3n) is 1.78. The van der Waals surface area contributed by atoms with Crippen molar-refractivity contribution in [1.29, 1.82) is 0 Å². The van der Waals surface area contributed by atoms with Crippen molar-refractivity contribution in [3.05, 3.63) is 0 Å². The Morgan fingerprint density at radius 1 is 1.54 bits per heavy atom. The number of alkyl halides is 1. The van der Waals surface area contributed by atoms with Crippen molar-refractivity contribution in [3.63, 3.8) is 0 Å². The van der Waals surface area contributed by atoms with E-state index < -0.39 is 17.9 Å². The quantitative estimate of drug-likeness (QED) is 0.583. The summed E-state index contributed by atoms with van der Waals surface area (Å²) in [6.45, 7) is 6.04. The van der Waals surface area contributed by atoms with Gasteiger partial charge in [-0.2, -0.15) is 0 Å². The van der Waals surface area contributed by atoms with Crippen LogP contribution in [0.15, 0.2) is 0 Å². The van der Waals surface area contributed by atoms with Gasteiger partial charge in [0.2, 0.25) is 0 Å². The summed E-state index contributed by atoms with van der Waals surface area (Å²) in [7, 11) is 0. The van der Waals surface area contributed by atoms with Crippen LogP contribution in [-0.4, -0.2) is 35.9 Å². The van der Waals surface area contributed by atoms with E-state index in [1.54, 1.807) is 20.8 Å². The zero-order valence-corrected chi connectivity index (χ0v) is 8.34. The van der Waals surface area contributed by atoms with E-state index in [9.17, 15) is 9.18 Å². The zero-order valence-electron chi connectivity index (χ0n) is 8.34. The Morgan fingerprint density at radius 2 is 2.15 bits per heavy atom. The molecule has 1 heterocycles. The molecule has 0 bridgehead atoms. The van der Waals surface area contributed by atoms with Crippen LogP contribution in [0.5, 0.6) is 0 Å². The van der Waals surface area contributed by atoms with Crippen LogP contribution in [0.4, 0.5) is 9.18 Å². The predicted octanol–water partition coefficient (Wildman–Crippen LogP) is 1.97. The third-order valence-corrected chi connectivity index (χ3v) is 1.78. The van der Waals surface area contributed by atoms with Crippen LogP contribution >= 0.6 is 0 Å². The van der Waals surface area contributed by atoms with Gasteiger partial charge in [0, 0.05) is 6.54 Å². The molecule has 0 N–H and O–H groups in total. The van der Waals surface area contributed by atoms with Gasteiger partial charge < -0.3 is 9.64 Å². The smallest absolute Gasteiger partial charge is 0.410 e. The van der Waals surface area contributed by atoms with Crippen molar-refractivity contribution in [1.82, 2.24) is 4.90 Å². The lowest BCUT2D eigenvalue weighted by Crippen LogP contribution is -2.35. The maximum atomic E-state index is 12.7. The summed E-state index contributed by atoms with van der Waals surface area (Å²) in [6.07, 6.45) is -0.862. The highest BCUT2D eigenvalue weighted by molar-refractivity contribution is 5.68. The summed E-state index contributed by atoms with van der Waals surface area (Å²) in [5.74, 6) is 0. The normalized spacial score (nSPS) is 23.4. The van der Waals surface area contributed by atoms with Gasteiger partial charge in [0.1, 0.15) is 11.8 Å². The number of rotatable bonds is 0. The van der Waals surface area contributed by atoms with Crippen molar-refractivity contribution >= 4 is 6.09 Å². The highest BCUT2D eigenvalue weighted by Gasteiger charge is 2.29.